The van der Waals surface area contributed by atoms with Crippen LogP contribution in [0.3, 0.4) is 0 Å². The number of nitrogens with zero attached hydrogens (tertiary/aromatic N) is 1. The highest BCUT2D eigenvalue weighted by Crippen LogP contribution is 2.32. The number of cyclic esters (lactones) is 1. The maximum absolute atomic E-state index is 12.3. The standard InChI is InChI=1S/C23H12BrCl2I2NO3/c24-15-4-1-12(2-5-15)11-31-21-18(27)7-13(8-19(21)28)9-20-23(30)32-22(29-20)14-3-6-16(25)17(26)10-14/h1-10H,11H2/b20-9-. The number of carbonyl (C=O) groups is 1. The summed E-state index contributed by atoms with van der Waals surface area (Å²) in [6, 6.07) is 16.8. The average Bonchev–Trinajstić information content (AvgIpc) is 3.11. The largest absolute Gasteiger partial charge is 0.487 e. The van der Waals surface area contributed by atoms with Gasteiger partial charge in [-0.25, -0.2) is 9.79 Å². The Kier molecular flexibility index (Phi) is 7.81. The smallest absolute Gasteiger partial charge is 0.363 e. The number of aliphatic imine (C=N–C) groups is 1. The van der Waals surface area contributed by atoms with Crippen molar-refractivity contribution in [3.63, 3.8) is 0 Å². The number of esters is 1. The van der Waals surface area contributed by atoms with Gasteiger partial charge in [-0.1, -0.05) is 51.3 Å². The van der Waals surface area contributed by atoms with Crippen molar-refractivity contribution in [3.05, 3.63) is 98.6 Å². The molecule has 0 fully saturated rings. The number of rotatable bonds is 5. The molecule has 0 atom stereocenters. The maximum Gasteiger partial charge on any atom is 0.363 e. The second kappa shape index (κ2) is 10.4. The molecular formula is C23H12BrCl2I2NO3. The fourth-order valence-electron chi connectivity index (χ4n) is 2.86. The van der Waals surface area contributed by atoms with Crippen molar-refractivity contribution in [3.8, 4) is 5.75 Å². The van der Waals surface area contributed by atoms with Gasteiger partial charge in [-0.15, -0.1) is 0 Å². The number of hydrogen-bond acceptors (Lipinski definition) is 4. The zero-order valence-corrected chi connectivity index (χ0v) is 23.5. The van der Waals surface area contributed by atoms with Crippen molar-refractivity contribution >= 4 is 102 Å². The first kappa shape index (κ1) is 24.0. The van der Waals surface area contributed by atoms with Gasteiger partial charge in [-0.3, -0.25) is 0 Å². The molecule has 4 nitrogen and oxygen atoms in total. The minimum absolute atomic E-state index is 0.193. The van der Waals surface area contributed by atoms with E-state index in [0.29, 0.717) is 22.2 Å². The molecule has 0 aliphatic carbocycles. The summed E-state index contributed by atoms with van der Waals surface area (Å²) in [5.41, 5.74) is 2.68. The highest BCUT2D eigenvalue weighted by atomic mass is 127. The van der Waals surface area contributed by atoms with Gasteiger partial charge < -0.3 is 9.47 Å². The molecule has 32 heavy (non-hydrogen) atoms. The summed E-state index contributed by atoms with van der Waals surface area (Å²) in [5.74, 6) is 0.468. The first-order valence-corrected chi connectivity index (χ1v) is 12.8. The molecular weight excluding hydrogens is 743 g/mol. The van der Waals surface area contributed by atoms with E-state index in [0.717, 1.165) is 28.5 Å². The molecule has 0 unspecified atom stereocenters. The topological polar surface area (TPSA) is 47.9 Å². The first-order valence-electron chi connectivity index (χ1n) is 9.14. The molecule has 0 amide bonds. The summed E-state index contributed by atoms with van der Waals surface area (Å²) in [5, 5.41) is 0.783. The highest BCUT2D eigenvalue weighted by molar-refractivity contribution is 14.1. The van der Waals surface area contributed by atoms with Crippen LogP contribution in [0, 0.1) is 7.14 Å². The lowest BCUT2D eigenvalue weighted by Gasteiger charge is -2.11. The lowest BCUT2D eigenvalue weighted by atomic mass is 10.2. The molecule has 1 aliphatic rings. The fraction of sp³-hybridized carbons (Fsp3) is 0.0435. The second-order valence-corrected chi connectivity index (χ2v) is 10.7. The second-order valence-electron chi connectivity index (χ2n) is 6.69. The van der Waals surface area contributed by atoms with Crippen molar-refractivity contribution in [1.82, 2.24) is 0 Å². The van der Waals surface area contributed by atoms with Gasteiger partial charge in [-0.05, 0) is 105 Å². The molecule has 4 rings (SSSR count). The third-order valence-corrected chi connectivity index (χ3v) is 7.28. The van der Waals surface area contributed by atoms with Crippen LogP contribution >= 0.6 is 84.3 Å². The van der Waals surface area contributed by atoms with Crippen molar-refractivity contribution in [2.45, 2.75) is 6.61 Å². The van der Waals surface area contributed by atoms with Gasteiger partial charge in [0.1, 0.15) is 12.4 Å². The quantitative estimate of drug-likeness (QED) is 0.151. The predicted octanol–water partition coefficient (Wildman–Crippen LogP) is 7.89. The van der Waals surface area contributed by atoms with Gasteiger partial charge in [0.15, 0.2) is 5.70 Å². The molecule has 0 spiro atoms. The lowest BCUT2D eigenvalue weighted by Crippen LogP contribution is -2.05. The molecule has 9 heteroatoms. The van der Waals surface area contributed by atoms with E-state index in [1.165, 1.54) is 0 Å². The lowest BCUT2D eigenvalue weighted by molar-refractivity contribution is -0.129. The van der Waals surface area contributed by atoms with Crippen LogP contribution in [-0.4, -0.2) is 11.9 Å². The molecule has 0 aromatic heterocycles. The summed E-state index contributed by atoms with van der Waals surface area (Å²) < 4.78 is 14.2. The Labute approximate surface area is 230 Å². The van der Waals surface area contributed by atoms with Gasteiger partial charge in [-0.2, -0.15) is 0 Å². The van der Waals surface area contributed by atoms with Crippen molar-refractivity contribution in [2.75, 3.05) is 0 Å². The van der Waals surface area contributed by atoms with Crippen LogP contribution in [0.5, 0.6) is 5.75 Å². The summed E-state index contributed by atoms with van der Waals surface area (Å²) >= 11 is 19.9. The zero-order chi connectivity index (χ0) is 22.8. The Balaban J connectivity index is 1.55. The van der Waals surface area contributed by atoms with Crippen LogP contribution < -0.4 is 4.74 Å². The van der Waals surface area contributed by atoms with Crippen LogP contribution in [0.15, 0.2) is 69.8 Å². The average molecular weight is 755 g/mol. The van der Waals surface area contributed by atoms with E-state index in [2.05, 4.69) is 66.1 Å². The number of carbonyl (C=O) groups excluding carboxylic acids is 1. The van der Waals surface area contributed by atoms with Crippen molar-refractivity contribution < 1.29 is 14.3 Å². The van der Waals surface area contributed by atoms with E-state index >= 15 is 0 Å². The Hall–Kier alpha value is -1.14. The number of ether oxygens (including phenoxy) is 2. The number of halogens is 5. The van der Waals surface area contributed by atoms with Gasteiger partial charge in [0, 0.05) is 10.0 Å². The van der Waals surface area contributed by atoms with E-state index in [1.807, 2.05) is 36.4 Å². The Morgan fingerprint density at radius 1 is 1.00 bits per heavy atom. The summed E-state index contributed by atoms with van der Waals surface area (Å²) in [7, 11) is 0. The van der Waals surface area contributed by atoms with Crippen molar-refractivity contribution in [1.29, 1.82) is 0 Å². The Morgan fingerprint density at radius 3 is 2.34 bits per heavy atom. The van der Waals surface area contributed by atoms with Gasteiger partial charge >= 0.3 is 5.97 Å². The van der Waals surface area contributed by atoms with E-state index in [-0.39, 0.29) is 11.6 Å². The normalized spacial score (nSPS) is 14.5. The predicted molar refractivity (Wildman–Crippen MR) is 147 cm³/mol. The molecule has 0 saturated carbocycles. The summed E-state index contributed by atoms with van der Waals surface area (Å²) in [4.78, 5) is 16.7. The third kappa shape index (κ3) is 5.67. The van der Waals surface area contributed by atoms with Crippen LogP contribution in [0.25, 0.3) is 6.08 Å². The minimum atomic E-state index is -0.522. The first-order chi connectivity index (χ1) is 15.3. The van der Waals surface area contributed by atoms with Gasteiger partial charge in [0.05, 0.1) is 17.2 Å². The molecule has 1 aliphatic heterocycles. The fourth-order valence-corrected chi connectivity index (χ4v) is 5.55. The highest BCUT2D eigenvalue weighted by Gasteiger charge is 2.25. The van der Waals surface area contributed by atoms with Gasteiger partial charge in [0.2, 0.25) is 5.90 Å². The summed E-state index contributed by atoms with van der Waals surface area (Å²) in [6.07, 6.45) is 1.69. The molecule has 3 aromatic rings. The van der Waals surface area contributed by atoms with Gasteiger partial charge in [0.25, 0.3) is 0 Å². The van der Waals surface area contributed by atoms with E-state index in [1.54, 1.807) is 24.3 Å². The molecule has 0 bridgehead atoms. The monoisotopic (exact) mass is 753 g/mol. The SMILES string of the molecule is O=C1OC(c2ccc(Cl)c(Cl)c2)=N/C1=C\c1cc(I)c(OCc2ccc(Br)cc2)c(I)c1. The van der Waals surface area contributed by atoms with E-state index in [4.69, 9.17) is 32.7 Å². The molecule has 0 N–H and O–H groups in total. The minimum Gasteiger partial charge on any atom is -0.487 e. The molecule has 162 valence electrons. The molecule has 0 radical (unpaired) electrons. The van der Waals surface area contributed by atoms with Crippen LogP contribution in [0.2, 0.25) is 10.0 Å². The molecule has 0 saturated heterocycles. The van der Waals surface area contributed by atoms with Crippen LogP contribution in [-0.2, 0) is 16.1 Å². The van der Waals surface area contributed by atoms with E-state index in [9.17, 15) is 4.79 Å². The molecule has 3 aromatic carbocycles. The summed E-state index contributed by atoms with van der Waals surface area (Å²) in [6.45, 7) is 0.462. The maximum atomic E-state index is 12.3. The van der Waals surface area contributed by atoms with Crippen LogP contribution in [0.1, 0.15) is 16.7 Å². The van der Waals surface area contributed by atoms with Crippen molar-refractivity contribution in [2.24, 2.45) is 4.99 Å². The van der Waals surface area contributed by atoms with E-state index < -0.39 is 5.97 Å². The number of benzene rings is 3. The zero-order valence-electron chi connectivity index (χ0n) is 16.0. The third-order valence-electron chi connectivity index (χ3n) is 4.41. The van der Waals surface area contributed by atoms with Crippen LogP contribution in [0.4, 0.5) is 0 Å². The Morgan fingerprint density at radius 2 is 1.69 bits per heavy atom. The molecule has 1 heterocycles. The number of hydrogen-bond donors (Lipinski definition) is 0. The Bertz CT molecular complexity index is 1250.